The molecule has 1 aromatic carbocycles. The fourth-order valence-corrected chi connectivity index (χ4v) is 4.23. The lowest BCUT2D eigenvalue weighted by Gasteiger charge is -2.44. The Hall–Kier alpha value is -1.55. The summed E-state index contributed by atoms with van der Waals surface area (Å²) in [5.74, 6) is 0. The molecule has 1 atom stereocenters. The standard InChI is InChI=1S/C20H30N2O2/c1-19(2,3)24-18(23)22-14-13-21-17(15-22)20(11-7-8-12-20)16-9-5-4-6-10-16/h4-6,9-10,17,21H,7-8,11-15H2,1-3H3. The van der Waals surface area contributed by atoms with Gasteiger partial charge in [-0.15, -0.1) is 0 Å². The van der Waals surface area contributed by atoms with E-state index in [1.807, 2.05) is 25.7 Å². The number of carbonyl (C=O) groups excluding carboxylic acids is 1. The summed E-state index contributed by atoms with van der Waals surface area (Å²) in [7, 11) is 0. The van der Waals surface area contributed by atoms with E-state index < -0.39 is 5.60 Å². The van der Waals surface area contributed by atoms with Crippen molar-refractivity contribution >= 4 is 6.09 Å². The zero-order valence-corrected chi connectivity index (χ0v) is 15.2. The quantitative estimate of drug-likeness (QED) is 0.899. The molecule has 0 radical (unpaired) electrons. The zero-order valence-electron chi connectivity index (χ0n) is 15.2. The largest absolute Gasteiger partial charge is 0.444 e. The van der Waals surface area contributed by atoms with Gasteiger partial charge >= 0.3 is 6.09 Å². The first kappa shape index (κ1) is 17.3. The second kappa shape index (κ2) is 6.75. The van der Waals surface area contributed by atoms with Gasteiger partial charge in [-0.1, -0.05) is 43.2 Å². The molecular formula is C20H30N2O2. The van der Waals surface area contributed by atoms with Gasteiger partial charge in [-0.2, -0.15) is 0 Å². The molecule has 1 aliphatic carbocycles. The van der Waals surface area contributed by atoms with Crippen molar-refractivity contribution in [2.75, 3.05) is 19.6 Å². The molecule has 1 N–H and O–H groups in total. The molecule has 1 saturated heterocycles. The molecule has 0 bridgehead atoms. The van der Waals surface area contributed by atoms with Crippen LogP contribution in [0.5, 0.6) is 0 Å². The van der Waals surface area contributed by atoms with E-state index in [9.17, 15) is 4.79 Å². The van der Waals surface area contributed by atoms with Crippen molar-refractivity contribution in [1.82, 2.24) is 10.2 Å². The number of piperazine rings is 1. The molecule has 132 valence electrons. The Morgan fingerprint density at radius 3 is 2.50 bits per heavy atom. The molecule has 3 rings (SSSR count). The van der Waals surface area contributed by atoms with Gasteiger partial charge in [0.15, 0.2) is 0 Å². The summed E-state index contributed by atoms with van der Waals surface area (Å²) in [6.07, 6.45) is 4.72. The number of ether oxygens (including phenoxy) is 1. The highest BCUT2D eigenvalue weighted by Crippen LogP contribution is 2.44. The predicted molar refractivity (Wildman–Crippen MR) is 96.2 cm³/mol. The maximum atomic E-state index is 12.5. The van der Waals surface area contributed by atoms with Crippen molar-refractivity contribution < 1.29 is 9.53 Å². The fourth-order valence-electron chi connectivity index (χ4n) is 4.23. The molecule has 1 heterocycles. The SMILES string of the molecule is CC(C)(C)OC(=O)N1CCNC(C2(c3ccccc3)CCCC2)C1. The van der Waals surface area contributed by atoms with E-state index in [1.165, 1.54) is 31.2 Å². The molecule has 2 aliphatic rings. The lowest BCUT2D eigenvalue weighted by Crippen LogP contribution is -2.60. The molecule has 0 spiro atoms. The second-order valence-electron chi connectivity index (χ2n) is 8.16. The van der Waals surface area contributed by atoms with Gasteiger partial charge in [0.1, 0.15) is 5.60 Å². The van der Waals surface area contributed by atoms with Crippen LogP contribution in [0.1, 0.15) is 52.0 Å². The van der Waals surface area contributed by atoms with Gasteiger partial charge < -0.3 is 15.0 Å². The van der Waals surface area contributed by atoms with Gasteiger partial charge in [0.25, 0.3) is 0 Å². The number of nitrogens with zero attached hydrogens (tertiary/aromatic N) is 1. The van der Waals surface area contributed by atoms with Crippen molar-refractivity contribution in [1.29, 1.82) is 0 Å². The van der Waals surface area contributed by atoms with E-state index in [-0.39, 0.29) is 11.5 Å². The Bertz CT molecular complexity index is 559. The van der Waals surface area contributed by atoms with Gasteiger partial charge in [0.05, 0.1) is 0 Å². The molecule has 1 saturated carbocycles. The molecule has 0 aromatic heterocycles. The molecule has 4 nitrogen and oxygen atoms in total. The van der Waals surface area contributed by atoms with Crippen LogP contribution in [0.4, 0.5) is 4.79 Å². The Morgan fingerprint density at radius 2 is 1.88 bits per heavy atom. The van der Waals surface area contributed by atoms with Crippen molar-refractivity contribution in [2.24, 2.45) is 0 Å². The molecule has 1 amide bonds. The van der Waals surface area contributed by atoms with Gasteiger partial charge in [-0.3, -0.25) is 0 Å². The van der Waals surface area contributed by atoms with Crippen LogP contribution >= 0.6 is 0 Å². The molecule has 4 heteroatoms. The van der Waals surface area contributed by atoms with Gasteiger partial charge in [0, 0.05) is 31.1 Å². The fraction of sp³-hybridized carbons (Fsp3) is 0.650. The van der Waals surface area contributed by atoms with Crippen molar-refractivity contribution in [2.45, 2.75) is 63.5 Å². The summed E-state index contributed by atoms with van der Waals surface area (Å²) in [5.41, 5.74) is 1.11. The van der Waals surface area contributed by atoms with Crippen molar-refractivity contribution in [3.8, 4) is 0 Å². The molecule has 2 fully saturated rings. The zero-order chi connectivity index (χ0) is 17.2. The average molecular weight is 330 g/mol. The highest BCUT2D eigenvalue weighted by Gasteiger charge is 2.45. The van der Waals surface area contributed by atoms with E-state index in [0.29, 0.717) is 6.04 Å². The van der Waals surface area contributed by atoms with Gasteiger partial charge in [-0.25, -0.2) is 4.79 Å². The first-order valence-electron chi connectivity index (χ1n) is 9.18. The first-order chi connectivity index (χ1) is 11.4. The molecule has 24 heavy (non-hydrogen) atoms. The summed E-state index contributed by atoms with van der Waals surface area (Å²) < 4.78 is 5.59. The van der Waals surface area contributed by atoms with Crippen LogP contribution in [0.25, 0.3) is 0 Å². The second-order valence-corrected chi connectivity index (χ2v) is 8.16. The summed E-state index contributed by atoms with van der Waals surface area (Å²) in [5, 5.41) is 3.70. The third-order valence-electron chi connectivity index (χ3n) is 5.34. The number of rotatable bonds is 2. The highest BCUT2D eigenvalue weighted by atomic mass is 16.6. The van der Waals surface area contributed by atoms with Crippen LogP contribution in [0.3, 0.4) is 0 Å². The van der Waals surface area contributed by atoms with E-state index in [4.69, 9.17) is 4.74 Å². The topological polar surface area (TPSA) is 41.6 Å². The van der Waals surface area contributed by atoms with Crippen LogP contribution in [0, 0.1) is 0 Å². The van der Waals surface area contributed by atoms with E-state index in [0.717, 1.165) is 19.6 Å². The number of benzene rings is 1. The molecular weight excluding hydrogens is 300 g/mol. The van der Waals surface area contributed by atoms with Crippen LogP contribution in [0.15, 0.2) is 30.3 Å². The normalized spacial score (nSPS) is 24.0. The van der Waals surface area contributed by atoms with Gasteiger partial charge in [-0.05, 0) is 39.2 Å². The average Bonchev–Trinajstić information content (AvgIpc) is 3.05. The van der Waals surface area contributed by atoms with E-state index >= 15 is 0 Å². The van der Waals surface area contributed by atoms with Crippen LogP contribution in [0.2, 0.25) is 0 Å². The van der Waals surface area contributed by atoms with Crippen molar-refractivity contribution in [3.63, 3.8) is 0 Å². The smallest absolute Gasteiger partial charge is 0.410 e. The van der Waals surface area contributed by atoms with Crippen molar-refractivity contribution in [3.05, 3.63) is 35.9 Å². The Kier molecular flexibility index (Phi) is 4.86. The summed E-state index contributed by atoms with van der Waals surface area (Å²) >= 11 is 0. The Balaban J connectivity index is 1.78. The number of carbonyl (C=O) groups is 1. The molecule has 1 aliphatic heterocycles. The number of amides is 1. The third-order valence-corrected chi connectivity index (χ3v) is 5.34. The minimum Gasteiger partial charge on any atom is -0.444 e. The first-order valence-corrected chi connectivity index (χ1v) is 9.18. The lowest BCUT2D eigenvalue weighted by atomic mass is 9.72. The number of nitrogens with one attached hydrogen (secondary N) is 1. The minimum absolute atomic E-state index is 0.141. The van der Waals surface area contributed by atoms with Gasteiger partial charge in [0.2, 0.25) is 0 Å². The monoisotopic (exact) mass is 330 g/mol. The summed E-state index contributed by atoms with van der Waals surface area (Å²) in [6, 6.07) is 11.1. The minimum atomic E-state index is -0.443. The third kappa shape index (κ3) is 3.59. The Morgan fingerprint density at radius 1 is 1.21 bits per heavy atom. The van der Waals surface area contributed by atoms with Crippen LogP contribution < -0.4 is 5.32 Å². The molecule has 1 unspecified atom stereocenters. The Labute approximate surface area is 145 Å². The molecule has 1 aromatic rings. The summed E-state index contributed by atoms with van der Waals surface area (Å²) in [6.45, 7) is 8.05. The number of hydrogen-bond donors (Lipinski definition) is 1. The lowest BCUT2D eigenvalue weighted by molar-refractivity contribution is 0.0159. The highest BCUT2D eigenvalue weighted by molar-refractivity contribution is 5.68. The van der Waals surface area contributed by atoms with E-state index in [1.54, 1.807) is 0 Å². The predicted octanol–water partition coefficient (Wildman–Crippen LogP) is 3.71. The maximum Gasteiger partial charge on any atom is 0.410 e. The van der Waals surface area contributed by atoms with E-state index in [2.05, 4.69) is 35.6 Å². The van der Waals surface area contributed by atoms with Crippen LogP contribution in [-0.2, 0) is 10.2 Å². The summed E-state index contributed by atoms with van der Waals surface area (Å²) in [4.78, 5) is 14.4. The van der Waals surface area contributed by atoms with Crippen LogP contribution in [-0.4, -0.2) is 42.3 Å². The maximum absolute atomic E-state index is 12.5. The number of hydrogen-bond acceptors (Lipinski definition) is 3.